The molecule has 6 heteroatoms. The van der Waals surface area contributed by atoms with Crippen LogP contribution in [0.3, 0.4) is 0 Å². The van der Waals surface area contributed by atoms with Crippen LogP contribution in [-0.2, 0) is 15.9 Å². The normalized spacial score (nSPS) is 12.7. The highest BCUT2D eigenvalue weighted by Crippen LogP contribution is 2.25. The van der Waals surface area contributed by atoms with Crippen molar-refractivity contribution in [1.29, 1.82) is 0 Å². The second-order valence-corrected chi connectivity index (χ2v) is 5.13. The maximum absolute atomic E-state index is 5.65. The van der Waals surface area contributed by atoms with E-state index in [-0.39, 0.29) is 6.04 Å². The van der Waals surface area contributed by atoms with Crippen LogP contribution in [0.25, 0.3) is 0 Å². The third-order valence-electron chi connectivity index (χ3n) is 2.89. The molecule has 0 heterocycles. The summed E-state index contributed by atoms with van der Waals surface area (Å²) in [5.74, 6) is 6.47. The van der Waals surface area contributed by atoms with Gasteiger partial charge in [0.2, 0.25) is 0 Å². The molecule has 114 valence electrons. The summed E-state index contributed by atoms with van der Waals surface area (Å²) in [5, 5.41) is 0. The van der Waals surface area contributed by atoms with Crippen molar-refractivity contribution in [2.75, 3.05) is 20.3 Å². The molecule has 1 rings (SSSR count). The van der Waals surface area contributed by atoms with Crippen molar-refractivity contribution in [1.82, 2.24) is 5.43 Å². The van der Waals surface area contributed by atoms with Crippen molar-refractivity contribution in [3.8, 4) is 5.75 Å². The van der Waals surface area contributed by atoms with Gasteiger partial charge in [-0.1, -0.05) is 15.9 Å². The summed E-state index contributed by atoms with van der Waals surface area (Å²) >= 11 is 3.47. The smallest absolute Gasteiger partial charge is 0.174 e. The molecule has 1 aromatic carbocycles. The Bertz CT molecular complexity index is 398. The van der Waals surface area contributed by atoms with E-state index < -0.39 is 6.29 Å². The van der Waals surface area contributed by atoms with E-state index >= 15 is 0 Å². The van der Waals surface area contributed by atoms with Crippen molar-refractivity contribution in [3.63, 3.8) is 0 Å². The van der Waals surface area contributed by atoms with Crippen molar-refractivity contribution in [2.45, 2.75) is 32.6 Å². The Labute approximate surface area is 128 Å². The number of ether oxygens (including phenoxy) is 3. The van der Waals surface area contributed by atoms with Gasteiger partial charge in [-0.25, -0.2) is 0 Å². The molecule has 3 N–H and O–H groups in total. The molecule has 0 saturated carbocycles. The number of benzene rings is 1. The van der Waals surface area contributed by atoms with E-state index in [9.17, 15) is 0 Å². The summed E-state index contributed by atoms with van der Waals surface area (Å²) in [6.45, 7) is 5.00. The Balaban J connectivity index is 2.88. The highest BCUT2D eigenvalue weighted by atomic mass is 79.9. The molecular weight excluding hydrogens is 324 g/mol. The lowest BCUT2D eigenvalue weighted by Crippen LogP contribution is -2.48. The minimum absolute atomic E-state index is 0.155. The number of nitrogens with two attached hydrogens (primary N) is 1. The third kappa shape index (κ3) is 5.03. The largest absolute Gasteiger partial charge is 0.496 e. The van der Waals surface area contributed by atoms with Crippen molar-refractivity contribution in [3.05, 3.63) is 28.2 Å². The molecule has 0 aliphatic rings. The quantitative estimate of drug-likeness (QED) is 0.407. The van der Waals surface area contributed by atoms with Crippen LogP contribution in [-0.4, -0.2) is 32.7 Å². The molecule has 1 unspecified atom stereocenters. The van der Waals surface area contributed by atoms with Crippen LogP contribution < -0.4 is 16.0 Å². The molecule has 0 aliphatic heterocycles. The minimum Gasteiger partial charge on any atom is -0.496 e. The van der Waals surface area contributed by atoms with Crippen molar-refractivity contribution >= 4 is 15.9 Å². The fourth-order valence-corrected chi connectivity index (χ4v) is 2.39. The lowest BCUT2D eigenvalue weighted by atomic mass is 10.0. The van der Waals surface area contributed by atoms with Gasteiger partial charge in [0.05, 0.1) is 13.2 Å². The SMILES string of the molecule is CCOC(OCC)C(Cc1cc(Br)ccc1OC)NN. The molecule has 0 aliphatic carbocycles. The molecule has 0 radical (unpaired) electrons. The summed E-state index contributed by atoms with van der Waals surface area (Å²) in [6, 6.07) is 5.72. The van der Waals surface area contributed by atoms with E-state index in [4.69, 9.17) is 20.1 Å². The Kier molecular flexibility index (Phi) is 8.09. The highest BCUT2D eigenvalue weighted by Gasteiger charge is 2.23. The Hall–Kier alpha value is -0.660. The highest BCUT2D eigenvalue weighted by molar-refractivity contribution is 9.10. The molecule has 5 nitrogen and oxygen atoms in total. The minimum atomic E-state index is -0.390. The fraction of sp³-hybridized carbons (Fsp3) is 0.571. The molecule has 0 aromatic heterocycles. The molecule has 1 aromatic rings. The third-order valence-corrected chi connectivity index (χ3v) is 3.38. The number of hydrogen-bond donors (Lipinski definition) is 2. The summed E-state index contributed by atoms with van der Waals surface area (Å²) in [7, 11) is 1.65. The van der Waals surface area contributed by atoms with Gasteiger partial charge in [0, 0.05) is 17.7 Å². The number of hydrogen-bond acceptors (Lipinski definition) is 5. The van der Waals surface area contributed by atoms with E-state index in [2.05, 4.69) is 21.4 Å². The van der Waals surface area contributed by atoms with E-state index in [0.717, 1.165) is 15.8 Å². The summed E-state index contributed by atoms with van der Waals surface area (Å²) < 4.78 is 17.6. The van der Waals surface area contributed by atoms with Gasteiger partial charge in [0.15, 0.2) is 6.29 Å². The van der Waals surface area contributed by atoms with E-state index in [0.29, 0.717) is 19.6 Å². The zero-order chi connectivity index (χ0) is 15.0. The molecule has 20 heavy (non-hydrogen) atoms. The lowest BCUT2D eigenvalue weighted by Gasteiger charge is -2.26. The maximum Gasteiger partial charge on any atom is 0.174 e. The van der Waals surface area contributed by atoms with Crippen LogP contribution in [0.2, 0.25) is 0 Å². The van der Waals surface area contributed by atoms with E-state index in [1.54, 1.807) is 7.11 Å². The summed E-state index contributed by atoms with van der Waals surface area (Å²) in [5.41, 5.74) is 3.81. The number of halogens is 1. The Morgan fingerprint density at radius 1 is 1.25 bits per heavy atom. The molecule has 0 bridgehead atoms. The van der Waals surface area contributed by atoms with Crippen molar-refractivity contribution < 1.29 is 14.2 Å². The zero-order valence-electron chi connectivity index (χ0n) is 12.2. The van der Waals surface area contributed by atoms with Gasteiger partial charge in [0.1, 0.15) is 5.75 Å². The fourth-order valence-electron chi connectivity index (χ4n) is 1.99. The maximum atomic E-state index is 5.65. The van der Waals surface area contributed by atoms with Gasteiger partial charge in [-0.15, -0.1) is 0 Å². The van der Waals surface area contributed by atoms with Gasteiger partial charge >= 0.3 is 0 Å². The Morgan fingerprint density at radius 2 is 1.90 bits per heavy atom. The standard InChI is InChI=1S/C14H23BrN2O3/c1-4-19-14(20-5-2)12(17-16)9-10-8-11(15)6-7-13(10)18-3/h6-8,12,14,17H,4-5,9,16H2,1-3H3. The van der Waals surface area contributed by atoms with Gasteiger partial charge in [-0.2, -0.15) is 0 Å². The topological polar surface area (TPSA) is 65.7 Å². The second-order valence-electron chi connectivity index (χ2n) is 4.21. The van der Waals surface area contributed by atoms with E-state index in [1.165, 1.54) is 0 Å². The average Bonchev–Trinajstić information content (AvgIpc) is 2.45. The van der Waals surface area contributed by atoms with Gasteiger partial charge in [-0.05, 0) is 44.0 Å². The van der Waals surface area contributed by atoms with Crippen LogP contribution in [0.15, 0.2) is 22.7 Å². The Morgan fingerprint density at radius 3 is 2.40 bits per heavy atom. The summed E-state index contributed by atoms with van der Waals surface area (Å²) in [6.07, 6.45) is 0.253. The molecule has 0 fully saturated rings. The number of nitrogens with one attached hydrogen (secondary N) is 1. The van der Waals surface area contributed by atoms with Crippen molar-refractivity contribution in [2.24, 2.45) is 5.84 Å². The number of rotatable bonds is 9. The first kappa shape index (κ1) is 17.4. The first-order valence-corrected chi connectivity index (χ1v) is 7.47. The zero-order valence-corrected chi connectivity index (χ0v) is 13.8. The monoisotopic (exact) mass is 346 g/mol. The van der Waals surface area contributed by atoms with Crippen LogP contribution in [0.1, 0.15) is 19.4 Å². The number of methoxy groups -OCH3 is 1. The lowest BCUT2D eigenvalue weighted by molar-refractivity contribution is -0.153. The average molecular weight is 347 g/mol. The predicted molar refractivity (Wildman–Crippen MR) is 82.5 cm³/mol. The molecule has 0 saturated heterocycles. The van der Waals surface area contributed by atoms with Gasteiger partial charge < -0.3 is 14.2 Å². The van der Waals surface area contributed by atoms with Crippen LogP contribution >= 0.6 is 15.9 Å². The molecule has 0 spiro atoms. The second kappa shape index (κ2) is 9.31. The van der Waals surface area contributed by atoms with Crippen LogP contribution in [0.5, 0.6) is 5.75 Å². The first-order valence-electron chi connectivity index (χ1n) is 6.67. The van der Waals surface area contributed by atoms with Gasteiger partial charge in [0.25, 0.3) is 0 Å². The predicted octanol–water partition coefficient (Wildman–Crippen LogP) is 2.23. The molecule has 1 atom stereocenters. The summed E-state index contributed by atoms with van der Waals surface area (Å²) in [4.78, 5) is 0. The first-order chi connectivity index (χ1) is 9.65. The van der Waals surface area contributed by atoms with Crippen LogP contribution in [0, 0.1) is 0 Å². The van der Waals surface area contributed by atoms with Crippen LogP contribution in [0.4, 0.5) is 0 Å². The number of hydrazine groups is 1. The molecule has 0 amide bonds. The van der Waals surface area contributed by atoms with E-state index in [1.807, 2.05) is 32.0 Å². The molecular formula is C14H23BrN2O3. The van der Waals surface area contributed by atoms with Gasteiger partial charge in [-0.3, -0.25) is 11.3 Å².